The van der Waals surface area contributed by atoms with Crippen LogP contribution in [-0.2, 0) is 0 Å². The standard InChI is InChI=1S/C14H18N2S.C5H12/c1-6-14(13-8-7-9-15-10-13)16(5)12(4)17-11(2)3;1-4-5(2)3/h6-10H,2,4H2,1,3,5H3;5H,4H2,1-3H3/b14-6-;. The van der Waals surface area contributed by atoms with Gasteiger partial charge in [-0.25, -0.2) is 0 Å². The van der Waals surface area contributed by atoms with E-state index in [1.165, 1.54) is 6.42 Å². The molecule has 0 unspecified atom stereocenters. The van der Waals surface area contributed by atoms with Gasteiger partial charge in [-0.05, 0) is 36.8 Å². The van der Waals surface area contributed by atoms with Crippen molar-refractivity contribution >= 4 is 17.5 Å². The SMILES string of the molecule is C=C(C)SC(=C)N(C)/C(=C\C)c1cccnc1.CCC(C)C. The Bertz CT molecular complexity index is 489. The zero-order valence-corrected chi connectivity index (χ0v) is 15.7. The number of rotatable bonds is 6. The van der Waals surface area contributed by atoms with Gasteiger partial charge in [0, 0.05) is 30.7 Å². The van der Waals surface area contributed by atoms with Crippen molar-refractivity contribution in [2.75, 3.05) is 7.05 Å². The van der Waals surface area contributed by atoms with Crippen LogP contribution in [0.25, 0.3) is 5.70 Å². The number of pyridine rings is 1. The maximum atomic E-state index is 4.13. The van der Waals surface area contributed by atoms with E-state index in [0.717, 1.165) is 27.1 Å². The normalized spacial score (nSPS) is 10.8. The van der Waals surface area contributed by atoms with E-state index in [9.17, 15) is 0 Å². The van der Waals surface area contributed by atoms with Crippen molar-refractivity contribution in [1.29, 1.82) is 0 Å². The van der Waals surface area contributed by atoms with Crippen molar-refractivity contribution in [3.05, 3.63) is 59.3 Å². The molecule has 0 fully saturated rings. The van der Waals surface area contributed by atoms with Gasteiger partial charge < -0.3 is 4.90 Å². The molecule has 0 saturated heterocycles. The van der Waals surface area contributed by atoms with Gasteiger partial charge in [0.05, 0.1) is 5.03 Å². The Morgan fingerprint density at radius 3 is 2.36 bits per heavy atom. The van der Waals surface area contributed by atoms with Gasteiger partial charge in [0.1, 0.15) is 0 Å². The van der Waals surface area contributed by atoms with Gasteiger partial charge >= 0.3 is 0 Å². The van der Waals surface area contributed by atoms with E-state index < -0.39 is 0 Å². The van der Waals surface area contributed by atoms with Gasteiger partial charge in [0.25, 0.3) is 0 Å². The highest BCUT2D eigenvalue weighted by Gasteiger charge is 2.10. The molecular formula is C19H30N2S. The maximum Gasteiger partial charge on any atom is 0.0721 e. The van der Waals surface area contributed by atoms with Crippen molar-refractivity contribution in [3.8, 4) is 0 Å². The molecule has 0 atom stereocenters. The Kier molecular flexibility index (Phi) is 10.4. The first-order chi connectivity index (χ1) is 10.3. The Labute approximate surface area is 141 Å². The number of allylic oxidation sites excluding steroid dienone is 2. The zero-order valence-electron chi connectivity index (χ0n) is 14.9. The van der Waals surface area contributed by atoms with Crippen molar-refractivity contribution in [2.45, 2.75) is 41.0 Å². The molecule has 0 spiro atoms. The number of hydrogen-bond acceptors (Lipinski definition) is 3. The topological polar surface area (TPSA) is 16.1 Å². The largest absolute Gasteiger partial charge is 0.339 e. The molecule has 1 rings (SSSR count). The second-order valence-corrected chi connectivity index (χ2v) is 6.85. The molecule has 0 aromatic carbocycles. The summed E-state index contributed by atoms with van der Waals surface area (Å²) in [6.45, 7) is 18.6. The summed E-state index contributed by atoms with van der Waals surface area (Å²) < 4.78 is 0. The van der Waals surface area contributed by atoms with Gasteiger partial charge in [-0.1, -0.05) is 58.2 Å². The lowest BCUT2D eigenvalue weighted by atomic mass is 10.2. The molecular weight excluding hydrogens is 288 g/mol. The first kappa shape index (κ1) is 20.5. The molecule has 1 aromatic rings. The van der Waals surface area contributed by atoms with Crippen molar-refractivity contribution in [3.63, 3.8) is 0 Å². The Hall–Kier alpha value is -1.48. The van der Waals surface area contributed by atoms with Gasteiger partial charge in [-0.2, -0.15) is 0 Å². The fourth-order valence-electron chi connectivity index (χ4n) is 1.47. The Morgan fingerprint density at radius 2 is 2.00 bits per heavy atom. The van der Waals surface area contributed by atoms with E-state index in [1.54, 1.807) is 18.0 Å². The van der Waals surface area contributed by atoms with E-state index in [4.69, 9.17) is 0 Å². The average molecular weight is 319 g/mol. The molecule has 2 nitrogen and oxygen atoms in total. The quantitative estimate of drug-likeness (QED) is 0.624. The lowest BCUT2D eigenvalue weighted by molar-refractivity contribution is 0.626. The molecule has 0 N–H and O–H groups in total. The van der Waals surface area contributed by atoms with Crippen LogP contribution in [0.5, 0.6) is 0 Å². The summed E-state index contributed by atoms with van der Waals surface area (Å²) in [6.07, 6.45) is 6.99. The smallest absolute Gasteiger partial charge is 0.0721 e. The van der Waals surface area contributed by atoms with Gasteiger partial charge in [-0.15, -0.1) is 0 Å². The van der Waals surface area contributed by atoms with Gasteiger partial charge in [0.15, 0.2) is 0 Å². The second kappa shape index (κ2) is 11.1. The van der Waals surface area contributed by atoms with E-state index >= 15 is 0 Å². The minimum atomic E-state index is 0.884. The molecule has 0 saturated carbocycles. The van der Waals surface area contributed by atoms with Crippen LogP contribution in [0.2, 0.25) is 0 Å². The third-order valence-corrected chi connectivity index (χ3v) is 3.93. The fraction of sp³-hybridized carbons (Fsp3) is 0.421. The molecule has 0 amide bonds. The third kappa shape index (κ3) is 8.08. The molecule has 0 aliphatic rings. The molecule has 0 radical (unpaired) electrons. The summed E-state index contributed by atoms with van der Waals surface area (Å²) in [6, 6.07) is 3.97. The van der Waals surface area contributed by atoms with Crippen molar-refractivity contribution in [1.82, 2.24) is 9.88 Å². The average Bonchev–Trinajstić information content (AvgIpc) is 2.48. The van der Waals surface area contributed by atoms with E-state index in [2.05, 4.69) is 49.9 Å². The molecule has 0 aliphatic heterocycles. The molecule has 122 valence electrons. The van der Waals surface area contributed by atoms with Gasteiger partial charge in [-0.3, -0.25) is 4.98 Å². The zero-order chi connectivity index (χ0) is 17.1. The highest BCUT2D eigenvalue weighted by atomic mass is 32.2. The van der Waals surface area contributed by atoms with Crippen LogP contribution in [0.15, 0.2) is 53.7 Å². The highest BCUT2D eigenvalue weighted by Crippen LogP contribution is 2.30. The highest BCUT2D eigenvalue weighted by molar-refractivity contribution is 8.06. The molecule has 0 bridgehead atoms. The first-order valence-corrected chi connectivity index (χ1v) is 8.47. The van der Waals surface area contributed by atoms with Gasteiger partial charge in [0.2, 0.25) is 0 Å². The third-order valence-electron chi connectivity index (χ3n) is 3.07. The minimum Gasteiger partial charge on any atom is -0.339 e. The number of thioether (sulfide) groups is 1. The summed E-state index contributed by atoms with van der Waals surface area (Å²) in [5.41, 5.74) is 2.18. The molecule has 22 heavy (non-hydrogen) atoms. The number of hydrogen-bond donors (Lipinski definition) is 0. The van der Waals surface area contributed by atoms with E-state index in [-0.39, 0.29) is 0 Å². The molecule has 0 aliphatic carbocycles. The summed E-state index contributed by atoms with van der Waals surface area (Å²) in [5.74, 6) is 0.884. The molecule has 3 heteroatoms. The lowest BCUT2D eigenvalue weighted by Gasteiger charge is -2.24. The van der Waals surface area contributed by atoms with E-state index in [1.807, 2.05) is 39.2 Å². The summed E-state index contributed by atoms with van der Waals surface area (Å²) in [7, 11) is 2.00. The maximum absolute atomic E-state index is 4.13. The van der Waals surface area contributed by atoms with Crippen LogP contribution in [-0.4, -0.2) is 16.9 Å². The van der Waals surface area contributed by atoms with Crippen molar-refractivity contribution in [2.24, 2.45) is 5.92 Å². The molecule has 1 heterocycles. The van der Waals surface area contributed by atoms with E-state index in [0.29, 0.717) is 0 Å². The van der Waals surface area contributed by atoms with Crippen LogP contribution in [0, 0.1) is 5.92 Å². The Morgan fingerprint density at radius 1 is 1.41 bits per heavy atom. The Balaban J connectivity index is 0.000000763. The first-order valence-electron chi connectivity index (χ1n) is 7.66. The summed E-state index contributed by atoms with van der Waals surface area (Å²) in [5, 5.41) is 0.953. The van der Waals surface area contributed by atoms with Crippen LogP contribution < -0.4 is 0 Å². The minimum absolute atomic E-state index is 0.884. The van der Waals surface area contributed by atoms with Crippen LogP contribution in [0.4, 0.5) is 0 Å². The number of nitrogens with zero attached hydrogens (tertiary/aromatic N) is 2. The van der Waals surface area contributed by atoms with Crippen molar-refractivity contribution < 1.29 is 0 Å². The summed E-state index contributed by atoms with van der Waals surface area (Å²) >= 11 is 1.58. The molecule has 1 aromatic heterocycles. The van der Waals surface area contributed by atoms with Crippen LogP contribution >= 0.6 is 11.8 Å². The lowest BCUT2D eigenvalue weighted by Crippen LogP contribution is -2.13. The monoisotopic (exact) mass is 318 g/mol. The fourth-order valence-corrected chi connectivity index (χ4v) is 2.11. The predicted molar refractivity (Wildman–Crippen MR) is 102 cm³/mol. The van der Waals surface area contributed by atoms with Crippen LogP contribution in [0.3, 0.4) is 0 Å². The second-order valence-electron chi connectivity index (χ2n) is 5.47. The summed E-state index contributed by atoms with van der Waals surface area (Å²) in [4.78, 5) is 7.22. The van der Waals surface area contributed by atoms with Crippen LogP contribution in [0.1, 0.15) is 46.6 Å². The number of aromatic nitrogens is 1. The predicted octanol–water partition coefficient (Wildman–Crippen LogP) is 6.16.